The third kappa shape index (κ3) is 7.71. The van der Waals surface area contributed by atoms with Gasteiger partial charge in [-0.3, -0.25) is 14.9 Å². The van der Waals surface area contributed by atoms with Gasteiger partial charge in [0.1, 0.15) is 0 Å². The summed E-state index contributed by atoms with van der Waals surface area (Å²) in [6.07, 6.45) is 0. The van der Waals surface area contributed by atoms with Crippen molar-refractivity contribution in [2.24, 2.45) is 0 Å². The maximum absolute atomic E-state index is 12.2. The molecule has 0 saturated heterocycles. The lowest BCUT2D eigenvalue weighted by Crippen LogP contribution is -2.35. The number of hydrogen-bond donors (Lipinski definition) is 3. The molecule has 0 fully saturated rings. The third-order valence-electron chi connectivity index (χ3n) is 4.33. The number of rotatable bonds is 8. The number of hydrogen-bond acceptors (Lipinski definition) is 4. The quantitative estimate of drug-likeness (QED) is 0.365. The van der Waals surface area contributed by atoms with E-state index in [1.54, 1.807) is 36.4 Å². The van der Waals surface area contributed by atoms with Gasteiger partial charge in [0.2, 0.25) is 0 Å². The van der Waals surface area contributed by atoms with Crippen LogP contribution in [0.3, 0.4) is 0 Å². The molecule has 2 rings (SSSR count). The Hall–Kier alpha value is -2.04. The molecule has 0 aliphatic heterocycles. The van der Waals surface area contributed by atoms with Crippen LogP contribution in [0.2, 0.25) is 0 Å². The standard InChI is InChI=1S/C21H25IN4O2S/c1-3-26(4-2)13-12-23-19(27)15-8-10-18(11-9-15)24-21(29)25-20(28)16-6-5-7-17(22)14-16/h5-11,14H,3-4,12-13H2,1-2H3,(H,23,27)(H2,24,25,28,29). The molecule has 0 aliphatic carbocycles. The van der Waals surface area contributed by atoms with Crippen molar-refractivity contribution in [1.29, 1.82) is 0 Å². The first kappa shape index (κ1) is 23.2. The normalized spacial score (nSPS) is 10.5. The van der Waals surface area contributed by atoms with E-state index in [0.717, 1.165) is 23.2 Å². The Morgan fingerprint density at radius 3 is 2.31 bits per heavy atom. The molecule has 154 valence electrons. The van der Waals surface area contributed by atoms with Crippen LogP contribution in [0.4, 0.5) is 5.69 Å². The van der Waals surface area contributed by atoms with E-state index in [0.29, 0.717) is 23.4 Å². The van der Waals surface area contributed by atoms with E-state index in [-0.39, 0.29) is 16.9 Å². The predicted molar refractivity (Wildman–Crippen MR) is 129 cm³/mol. The van der Waals surface area contributed by atoms with E-state index in [1.165, 1.54) is 0 Å². The molecule has 0 aliphatic rings. The molecule has 0 atom stereocenters. The van der Waals surface area contributed by atoms with Gasteiger partial charge in [-0.2, -0.15) is 0 Å². The van der Waals surface area contributed by atoms with Crippen molar-refractivity contribution in [3.05, 3.63) is 63.2 Å². The Labute approximate surface area is 190 Å². The summed E-state index contributed by atoms with van der Waals surface area (Å²) in [5.74, 6) is -0.386. The molecule has 0 saturated carbocycles. The van der Waals surface area contributed by atoms with E-state index in [9.17, 15) is 9.59 Å². The van der Waals surface area contributed by atoms with Crippen LogP contribution >= 0.6 is 34.8 Å². The van der Waals surface area contributed by atoms with Crippen LogP contribution in [-0.2, 0) is 0 Å². The van der Waals surface area contributed by atoms with Crippen LogP contribution in [0.5, 0.6) is 0 Å². The fourth-order valence-corrected chi connectivity index (χ4v) is 3.40. The molecule has 0 aromatic heterocycles. The van der Waals surface area contributed by atoms with Crippen molar-refractivity contribution >= 4 is 57.4 Å². The molecule has 2 aromatic rings. The number of amides is 2. The molecule has 0 unspecified atom stereocenters. The fraction of sp³-hybridized carbons (Fsp3) is 0.286. The molecule has 6 nitrogen and oxygen atoms in total. The van der Waals surface area contributed by atoms with Crippen LogP contribution < -0.4 is 16.0 Å². The SMILES string of the molecule is CCN(CC)CCNC(=O)c1ccc(NC(=S)NC(=O)c2cccc(I)c2)cc1. The molecule has 2 aromatic carbocycles. The molecule has 2 amide bonds. The van der Waals surface area contributed by atoms with Crippen molar-refractivity contribution in [1.82, 2.24) is 15.5 Å². The van der Waals surface area contributed by atoms with E-state index in [4.69, 9.17) is 12.2 Å². The maximum Gasteiger partial charge on any atom is 0.257 e. The van der Waals surface area contributed by atoms with Crippen LogP contribution in [0, 0.1) is 3.57 Å². The first-order chi connectivity index (χ1) is 13.9. The van der Waals surface area contributed by atoms with Gasteiger partial charge in [-0.15, -0.1) is 0 Å². The molecule has 8 heteroatoms. The highest BCUT2D eigenvalue weighted by molar-refractivity contribution is 14.1. The van der Waals surface area contributed by atoms with Gasteiger partial charge in [-0.25, -0.2) is 0 Å². The number of benzene rings is 2. The van der Waals surface area contributed by atoms with Crippen molar-refractivity contribution < 1.29 is 9.59 Å². The second-order valence-electron chi connectivity index (χ2n) is 6.28. The van der Waals surface area contributed by atoms with Crippen molar-refractivity contribution in [3.8, 4) is 0 Å². The molecular formula is C21H25IN4O2S. The zero-order chi connectivity index (χ0) is 21.2. The van der Waals surface area contributed by atoms with Crippen LogP contribution in [0.15, 0.2) is 48.5 Å². The summed E-state index contributed by atoms with van der Waals surface area (Å²) in [6, 6.07) is 14.2. The second-order valence-corrected chi connectivity index (χ2v) is 7.93. The third-order valence-corrected chi connectivity index (χ3v) is 5.20. The smallest absolute Gasteiger partial charge is 0.257 e. The number of halogens is 1. The van der Waals surface area contributed by atoms with E-state index in [2.05, 4.69) is 57.3 Å². The molecule has 0 radical (unpaired) electrons. The molecule has 3 N–H and O–H groups in total. The summed E-state index contributed by atoms with van der Waals surface area (Å²) in [7, 11) is 0. The Morgan fingerprint density at radius 2 is 1.69 bits per heavy atom. The average Bonchev–Trinajstić information content (AvgIpc) is 2.71. The molecule has 0 bridgehead atoms. The summed E-state index contributed by atoms with van der Waals surface area (Å²) in [4.78, 5) is 26.7. The van der Waals surface area contributed by atoms with Gasteiger partial charge in [0.05, 0.1) is 0 Å². The minimum Gasteiger partial charge on any atom is -0.351 e. The van der Waals surface area contributed by atoms with Gasteiger partial charge in [0.15, 0.2) is 5.11 Å². The molecular weight excluding hydrogens is 499 g/mol. The van der Waals surface area contributed by atoms with E-state index >= 15 is 0 Å². The lowest BCUT2D eigenvalue weighted by atomic mass is 10.2. The zero-order valence-electron chi connectivity index (χ0n) is 16.5. The van der Waals surface area contributed by atoms with Crippen molar-refractivity contribution in [2.75, 3.05) is 31.5 Å². The maximum atomic E-state index is 12.2. The summed E-state index contributed by atoms with van der Waals surface area (Å²) in [5, 5.41) is 8.73. The lowest BCUT2D eigenvalue weighted by Gasteiger charge is -2.18. The number of likely N-dealkylation sites (N-methyl/N-ethyl adjacent to an activating group) is 1. The molecule has 0 spiro atoms. The van der Waals surface area contributed by atoms with Crippen molar-refractivity contribution in [2.45, 2.75) is 13.8 Å². The first-order valence-corrected chi connectivity index (χ1v) is 10.9. The van der Waals surface area contributed by atoms with Crippen molar-refractivity contribution in [3.63, 3.8) is 0 Å². The Kier molecular flexibility index (Phi) is 9.49. The highest BCUT2D eigenvalue weighted by Gasteiger charge is 2.09. The second kappa shape index (κ2) is 11.8. The molecule has 0 heterocycles. The zero-order valence-corrected chi connectivity index (χ0v) is 19.5. The Morgan fingerprint density at radius 1 is 1.00 bits per heavy atom. The monoisotopic (exact) mass is 524 g/mol. The lowest BCUT2D eigenvalue weighted by molar-refractivity contribution is 0.0947. The minimum atomic E-state index is -0.273. The number of carbonyl (C=O) groups is 2. The largest absolute Gasteiger partial charge is 0.351 e. The topological polar surface area (TPSA) is 73.5 Å². The Balaban J connectivity index is 1.84. The number of nitrogens with one attached hydrogen (secondary N) is 3. The number of thiocarbonyl (C=S) groups is 1. The first-order valence-electron chi connectivity index (χ1n) is 9.41. The van der Waals surface area contributed by atoms with Crippen LogP contribution in [0.25, 0.3) is 0 Å². The molecule has 29 heavy (non-hydrogen) atoms. The Bertz CT molecular complexity index is 854. The van der Waals surface area contributed by atoms with Gasteiger partial charge in [0.25, 0.3) is 11.8 Å². The highest BCUT2D eigenvalue weighted by atomic mass is 127. The summed E-state index contributed by atoms with van der Waals surface area (Å²) >= 11 is 7.36. The minimum absolute atomic E-state index is 0.113. The number of carbonyl (C=O) groups excluding carboxylic acids is 2. The van der Waals surface area contributed by atoms with Gasteiger partial charge in [-0.1, -0.05) is 19.9 Å². The summed E-state index contributed by atoms with van der Waals surface area (Å²) < 4.78 is 0.972. The van der Waals surface area contributed by atoms with E-state index in [1.807, 2.05) is 12.1 Å². The van der Waals surface area contributed by atoms with Crippen LogP contribution in [-0.4, -0.2) is 48.0 Å². The summed E-state index contributed by atoms with van der Waals surface area (Å²) in [5.41, 5.74) is 1.80. The van der Waals surface area contributed by atoms with Gasteiger partial charge in [-0.05, 0) is 90.4 Å². The van der Waals surface area contributed by atoms with Gasteiger partial charge in [0, 0.05) is 33.5 Å². The fourth-order valence-electron chi connectivity index (χ4n) is 2.64. The number of anilines is 1. The summed E-state index contributed by atoms with van der Waals surface area (Å²) in [6.45, 7) is 7.57. The number of nitrogens with zero attached hydrogens (tertiary/aromatic N) is 1. The van der Waals surface area contributed by atoms with Crippen LogP contribution in [0.1, 0.15) is 34.6 Å². The predicted octanol–water partition coefficient (Wildman–Crippen LogP) is 3.49. The highest BCUT2D eigenvalue weighted by Crippen LogP contribution is 2.10. The average molecular weight is 524 g/mol. The van der Waals surface area contributed by atoms with Gasteiger partial charge < -0.3 is 15.5 Å². The van der Waals surface area contributed by atoms with E-state index < -0.39 is 0 Å². The van der Waals surface area contributed by atoms with Gasteiger partial charge >= 0.3 is 0 Å².